The second-order valence-corrected chi connectivity index (χ2v) is 9.17. The molecular formula is C17H25NO5S2. The third-order valence-electron chi connectivity index (χ3n) is 3.52. The Kier molecular flexibility index (Phi) is 8.44. The number of carbonyl (C=O) groups excluding carboxylic acids is 1. The highest BCUT2D eigenvalue weighted by Crippen LogP contribution is 2.30. The van der Waals surface area contributed by atoms with Crippen molar-refractivity contribution in [2.45, 2.75) is 61.1 Å². The van der Waals surface area contributed by atoms with Crippen LogP contribution in [0.3, 0.4) is 0 Å². The van der Waals surface area contributed by atoms with Crippen LogP contribution in [-0.2, 0) is 19.4 Å². The van der Waals surface area contributed by atoms with Gasteiger partial charge in [-0.3, -0.25) is 4.79 Å². The first kappa shape index (κ1) is 21.5. The molecule has 0 bridgehead atoms. The van der Waals surface area contributed by atoms with Gasteiger partial charge >= 0.3 is 5.97 Å². The Bertz CT molecular complexity index is 703. The summed E-state index contributed by atoms with van der Waals surface area (Å²) in [6.45, 7) is 5.27. The Labute approximate surface area is 153 Å². The molecule has 0 spiro atoms. The van der Waals surface area contributed by atoms with E-state index >= 15 is 0 Å². The highest BCUT2D eigenvalue weighted by atomic mass is 32.2. The predicted octanol–water partition coefficient (Wildman–Crippen LogP) is 2.72. The average Bonchev–Trinajstić information content (AvgIpc) is 2.54. The molecule has 0 aliphatic rings. The standard InChI is InChI=1S/C17H25NO5S2/c1-4-8-13(17(20)21)18-16(19)12(3)24-14-9-6-7-10-15(14)25(22,23)11-5-2/h6-7,9-10,12-13H,4-5,8,11H2,1-3H3,(H,18,19)(H,20,21). The van der Waals surface area contributed by atoms with Crippen molar-refractivity contribution in [2.75, 3.05) is 5.75 Å². The maximum Gasteiger partial charge on any atom is 0.326 e. The summed E-state index contributed by atoms with van der Waals surface area (Å²) in [4.78, 5) is 24.2. The van der Waals surface area contributed by atoms with Gasteiger partial charge in [-0.2, -0.15) is 0 Å². The van der Waals surface area contributed by atoms with E-state index in [0.29, 0.717) is 24.2 Å². The monoisotopic (exact) mass is 387 g/mol. The first-order chi connectivity index (χ1) is 11.7. The van der Waals surface area contributed by atoms with E-state index in [4.69, 9.17) is 5.11 Å². The summed E-state index contributed by atoms with van der Waals surface area (Å²) in [5.41, 5.74) is 0. The van der Waals surface area contributed by atoms with Crippen LogP contribution in [0.4, 0.5) is 0 Å². The summed E-state index contributed by atoms with van der Waals surface area (Å²) in [6.07, 6.45) is 1.49. The molecule has 0 aliphatic heterocycles. The van der Waals surface area contributed by atoms with Gasteiger partial charge in [0.2, 0.25) is 5.91 Å². The van der Waals surface area contributed by atoms with Crippen molar-refractivity contribution >= 4 is 33.5 Å². The average molecular weight is 388 g/mol. The van der Waals surface area contributed by atoms with Crippen molar-refractivity contribution in [2.24, 2.45) is 0 Å². The Morgan fingerprint density at radius 3 is 2.40 bits per heavy atom. The number of hydrogen-bond acceptors (Lipinski definition) is 5. The summed E-state index contributed by atoms with van der Waals surface area (Å²) in [7, 11) is -3.40. The van der Waals surface area contributed by atoms with Crippen LogP contribution in [0.25, 0.3) is 0 Å². The minimum atomic E-state index is -3.40. The van der Waals surface area contributed by atoms with E-state index in [1.807, 2.05) is 6.92 Å². The molecule has 0 heterocycles. The predicted molar refractivity (Wildman–Crippen MR) is 98.6 cm³/mol. The van der Waals surface area contributed by atoms with Gasteiger partial charge in [0.15, 0.2) is 9.84 Å². The van der Waals surface area contributed by atoms with Crippen molar-refractivity contribution < 1.29 is 23.1 Å². The van der Waals surface area contributed by atoms with Gasteiger partial charge in [0, 0.05) is 4.90 Å². The number of carboxylic acid groups (broad SMARTS) is 1. The molecule has 1 aromatic rings. The number of thioether (sulfide) groups is 1. The largest absolute Gasteiger partial charge is 0.480 e. The number of sulfone groups is 1. The summed E-state index contributed by atoms with van der Waals surface area (Å²) < 4.78 is 24.7. The number of carbonyl (C=O) groups is 2. The summed E-state index contributed by atoms with van der Waals surface area (Å²) in [5.74, 6) is -1.45. The normalized spacial score (nSPS) is 13.9. The van der Waals surface area contributed by atoms with Crippen molar-refractivity contribution in [1.82, 2.24) is 5.32 Å². The van der Waals surface area contributed by atoms with E-state index in [0.717, 1.165) is 11.8 Å². The van der Waals surface area contributed by atoms with Gasteiger partial charge in [-0.25, -0.2) is 13.2 Å². The third kappa shape index (κ3) is 6.36. The Morgan fingerprint density at radius 2 is 1.84 bits per heavy atom. The molecule has 0 radical (unpaired) electrons. The molecule has 0 saturated carbocycles. The highest BCUT2D eigenvalue weighted by Gasteiger charge is 2.25. The number of amides is 1. The van der Waals surface area contributed by atoms with Gasteiger partial charge in [-0.1, -0.05) is 32.4 Å². The number of carboxylic acids is 1. The Morgan fingerprint density at radius 1 is 1.20 bits per heavy atom. The van der Waals surface area contributed by atoms with Crippen LogP contribution in [0, 0.1) is 0 Å². The SMILES string of the molecule is CCCC(NC(=O)C(C)Sc1ccccc1S(=O)(=O)CCC)C(=O)O. The second-order valence-electron chi connectivity index (χ2n) is 5.71. The zero-order chi connectivity index (χ0) is 19.0. The second kappa shape index (κ2) is 9.82. The van der Waals surface area contributed by atoms with E-state index in [9.17, 15) is 18.0 Å². The lowest BCUT2D eigenvalue weighted by atomic mass is 10.1. The summed E-state index contributed by atoms with van der Waals surface area (Å²) in [6, 6.07) is 5.64. The molecule has 140 valence electrons. The molecule has 1 amide bonds. The highest BCUT2D eigenvalue weighted by molar-refractivity contribution is 8.01. The number of nitrogens with one attached hydrogen (secondary N) is 1. The fourth-order valence-electron chi connectivity index (χ4n) is 2.26. The topological polar surface area (TPSA) is 101 Å². The van der Waals surface area contributed by atoms with Crippen molar-refractivity contribution in [3.63, 3.8) is 0 Å². The molecule has 8 heteroatoms. The molecule has 25 heavy (non-hydrogen) atoms. The van der Waals surface area contributed by atoms with Crippen LogP contribution in [0.5, 0.6) is 0 Å². The molecule has 0 saturated heterocycles. The smallest absolute Gasteiger partial charge is 0.326 e. The first-order valence-electron chi connectivity index (χ1n) is 8.24. The van der Waals surface area contributed by atoms with Crippen LogP contribution in [0.15, 0.2) is 34.1 Å². The van der Waals surface area contributed by atoms with E-state index in [-0.39, 0.29) is 10.6 Å². The lowest BCUT2D eigenvalue weighted by Gasteiger charge is -2.18. The molecule has 0 fully saturated rings. The number of rotatable bonds is 10. The minimum Gasteiger partial charge on any atom is -0.480 e. The van der Waals surface area contributed by atoms with Crippen LogP contribution >= 0.6 is 11.8 Å². The molecule has 6 nitrogen and oxygen atoms in total. The van der Waals surface area contributed by atoms with Crippen LogP contribution in [0.1, 0.15) is 40.0 Å². The van der Waals surface area contributed by atoms with Gasteiger partial charge < -0.3 is 10.4 Å². The van der Waals surface area contributed by atoms with Crippen molar-refractivity contribution in [3.8, 4) is 0 Å². The van der Waals surface area contributed by atoms with Crippen LogP contribution < -0.4 is 5.32 Å². The maximum absolute atomic E-state index is 12.4. The molecule has 2 unspecified atom stereocenters. The summed E-state index contributed by atoms with van der Waals surface area (Å²) in [5, 5.41) is 11.0. The van der Waals surface area contributed by atoms with Gasteiger partial charge in [0.05, 0.1) is 15.9 Å². The van der Waals surface area contributed by atoms with E-state index in [2.05, 4.69) is 5.32 Å². The van der Waals surface area contributed by atoms with E-state index in [1.54, 1.807) is 32.0 Å². The van der Waals surface area contributed by atoms with E-state index in [1.165, 1.54) is 6.07 Å². The molecule has 2 atom stereocenters. The molecule has 1 aromatic carbocycles. The fourth-order valence-corrected chi connectivity index (χ4v) is 5.10. The maximum atomic E-state index is 12.4. The van der Waals surface area contributed by atoms with Crippen molar-refractivity contribution in [3.05, 3.63) is 24.3 Å². The number of aliphatic carboxylic acids is 1. The first-order valence-corrected chi connectivity index (χ1v) is 10.8. The number of benzene rings is 1. The zero-order valence-corrected chi connectivity index (χ0v) is 16.3. The quantitative estimate of drug-likeness (QED) is 0.599. The zero-order valence-electron chi connectivity index (χ0n) is 14.7. The Hall–Kier alpha value is -1.54. The Balaban J connectivity index is 2.92. The third-order valence-corrected chi connectivity index (χ3v) is 6.80. The van der Waals surface area contributed by atoms with E-state index < -0.39 is 33.0 Å². The van der Waals surface area contributed by atoms with Gasteiger partial charge in [0.25, 0.3) is 0 Å². The van der Waals surface area contributed by atoms with Crippen LogP contribution in [0.2, 0.25) is 0 Å². The molecule has 2 N–H and O–H groups in total. The van der Waals surface area contributed by atoms with Gasteiger partial charge in [-0.05, 0) is 31.9 Å². The molecule has 0 aromatic heterocycles. The van der Waals surface area contributed by atoms with Crippen molar-refractivity contribution in [1.29, 1.82) is 0 Å². The molecular weight excluding hydrogens is 362 g/mol. The fraction of sp³-hybridized carbons (Fsp3) is 0.529. The lowest BCUT2D eigenvalue weighted by Crippen LogP contribution is -2.43. The molecule has 1 rings (SSSR count). The lowest BCUT2D eigenvalue weighted by molar-refractivity contribution is -0.141. The van der Waals surface area contributed by atoms with Crippen LogP contribution in [-0.4, -0.2) is 42.4 Å². The number of hydrogen-bond donors (Lipinski definition) is 2. The van der Waals surface area contributed by atoms with Gasteiger partial charge in [-0.15, -0.1) is 11.8 Å². The minimum absolute atomic E-state index is 0.0444. The van der Waals surface area contributed by atoms with Gasteiger partial charge in [0.1, 0.15) is 6.04 Å². The summed E-state index contributed by atoms with van der Waals surface area (Å²) >= 11 is 1.12. The molecule has 0 aliphatic carbocycles.